The first kappa shape index (κ1) is 25.9. The van der Waals surface area contributed by atoms with E-state index in [0.29, 0.717) is 42.6 Å². The van der Waals surface area contributed by atoms with Crippen molar-refractivity contribution in [3.05, 3.63) is 70.8 Å². The highest BCUT2D eigenvalue weighted by Crippen LogP contribution is 2.40. The van der Waals surface area contributed by atoms with E-state index < -0.39 is 6.04 Å². The highest BCUT2D eigenvalue weighted by atomic mass is 16.2. The Labute approximate surface area is 214 Å². The van der Waals surface area contributed by atoms with E-state index in [1.54, 1.807) is 24.3 Å². The molecule has 0 radical (unpaired) electrons. The van der Waals surface area contributed by atoms with Crippen LogP contribution in [0.25, 0.3) is 0 Å². The zero-order valence-electron chi connectivity index (χ0n) is 21.4. The van der Waals surface area contributed by atoms with Crippen LogP contribution in [0.15, 0.2) is 48.5 Å². The summed E-state index contributed by atoms with van der Waals surface area (Å²) in [6, 6.07) is 17.4. The second kappa shape index (κ2) is 12.2. The van der Waals surface area contributed by atoms with Crippen molar-refractivity contribution in [1.82, 2.24) is 20.4 Å². The number of rotatable bonds is 10. The first-order valence-corrected chi connectivity index (χ1v) is 13.0. The molecular formula is C29H37N5O2. The van der Waals surface area contributed by atoms with Crippen molar-refractivity contribution in [3.8, 4) is 6.07 Å². The predicted octanol–water partition coefficient (Wildman–Crippen LogP) is 3.06. The molecule has 190 valence electrons. The third kappa shape index (κ3) is 6.93. The maximum atomic E-state index is 13.3. The van der Waals surface area contributed by atoms with Crippen molar-refractivity contribution in [2.24, 2.45) is 0 Å². The summed E-state index contributed by atoms with van der Waals surface area (Å²) in [5, 5.41) is 15.6. The molecule has 2 aromatic rings. The summed E-state index contributed by atoms with van der Waals surface area (Å²) in [4.78, 5) is 30.3. The smallest absolute Gasteiger partial charge is 0.251 e. The van der Waals surface area contributed by atoms with Gasteiger partial charge in [-0.2, -0.15) is 5.26 Å². The van der Waals surface area contributed by atoms with Crippen LogP contribution in [0.1, 0.15) is 58.6 Å². The van der Waals surface area contributed by atoms with E-state index >= 15 is 0 Å². The normalized spacial score (nSPS) is 20.4. The molecule has 1 heterocycles. The van der Waals surface area contributed by atoms with Gasteiger partial charge in [0, 0.05) is 43.7 Å². The number of nitriles is 1. The lowest BCUT2D eigenvalue weighted by Gasteiger charge is -2.34. The number of carbonyl (C=O) groups excluding carboxylic acids is 2. The summed E-state index contributed by atoms with van der Waals surface area (Å²) >= 11 is 0. The van der Waals surface area contributed by atoms with Crippen molar-refractivity contribution < 1.29 is 9.59 Å². The van der Waals surface area contributed by atoms with Gasteiger partial charge >= 0.3 is 0 Å². The molecule has 0 unspecified atom stereocenters. The number of unbranched alkanes of at least 4 members (excludes halogenated alkanes) is 1. The maximum Gasteiger partial charge on any atom is 0.251 e. The number of nitrogens with zero attached hydrogens (tertiary/aromatic N) is 3. The molecule has 36 heavy (non-hydrogen) atoms. The Hall–Kier alpha value is -3.21. The van der Waals surface area contributed by atoms with Crippen LogP contribution < -0.4 is 10.6 Å². The minimum atomic E-state index is -0.544. The van der Waals surface area contributed by atoms with Gasteiger partial charge in [-0.1, -0.05) is 29.8 Å². The zero-order valence-corrected chi connectivity index (χ0v) is 21.4. The van der Waals surface area contributed by atoms with Crippen molar-refractivity contribution in [2.45, 2.75) is 50.6 Å². The quantitative estimate of drug-likeness (QED) is 0.503. The molecule has 2 amide bonds. The molecule has 1 saturated heterocycles. The topological polar surface area (TPSA) is 88.5 Å². The fourth-order valence-corrected chi connectivity index (χ4v) is 4.81. The fraction of sp³-hybridized carbons (Fsp3) is 0.483. The molecule has 2 N–H and O–H groups in total. The Morgan fingerprint density at radius 3 is 2.39 bits per heavy atom. The summed E-state index contributed by atoms with van der Waals surface area (Å²) in [6.07, 6.45) is 3.60. The van der Waals surface area contributed by atoms with E-state index in [2.05, 4.69) is 59.8 Å². The van der Waals surface area contributed by atoms with Gasteiger partial charge in [-0.15, -0.1) is 0 Å². The van der Waals surface area contributed by atoms with Crippen LogP contribution in [-0.2, 0) is 4.79 Å². The molecule has 7 heteroatoms. The van der Waals surface area contributed by atoms with Gasteiger partial charge < -0.3 is 20.4 Å². The standard InChI is InChI=1S/C29H37N5O2/c1-21-6-10-23(11-7-21)25-19-27(25)31-14-4-3-5-26(29(36)34-17-15-33(2)16-18-34)32-28(35)24-12-8-22(20-30)9-13-24/h6-13,25-27,31H,3-5,14-19H2,1-2H3,(H,32,35)/t25-,26-,27+/m0/s1. The molecular weight excluding hydrogens is 450 g/mol. The Bertz CT molecular complexity index is 1070. The molecule has 7 nitrogen and oxygen atoms in total. The molecule has 3 atom stereocenters. The van der Waals surface area contributed by atoms with Gasteiger partial charge in [0.25, 0.3) is 5.91 Å². The fourth-order valence-electron chi connectivity index (χ4n) is 4.81. The van der Waals surface area contributed by atoms with E-state index in [0.717, 1.165) is 32.5 Å². The van der Waals surface area contributed by atoms with Crippen LogP contribution in [-0.4, -0.2) is 73.5 Å². The lowest BCUT2D eigenvalue weighted by atomic mass is 10.1. The Morgan fingerprint density at radius 1 is 1.03 bits per heavy atom. The number of amides is 2. The first-order chi connectivity index (χ1) is 17.4. The Balaban J connectivity index is 1.27. The minimum absolute atomic E-state index is 0.000294. The minimum Gasteiger partial charge on any atom is -0.340 e. The summed E-state index contributed by atoms with van der Waals surface area (Å²) in [7, 11) is 2.06. The van der Waals surface area contributed by atoms with Gasteiger partial charge in [-0.3, -0.25) is 9.59 Å². The number of aryl methyl sites for hydroxylation is 1. The van der Waals surface area contributed by atoms with Crippen LogP contribution in [0.3, 0.4) is 0 Å². The van der Waals surface area contributed by atoms with Crippen LogP contribution in [0.5, 0.6) is 0 Å². The van der Waals surface area contributed by atoms with E-state index in [9.17, 15) is 9.59 Å². The molecule has 0 aromatic heterocycles. The predicted molar refractivity (Wildman–Crippen MR) is 141 cm³/mol. The molecule has 0 bridgehead atoms. The van der Waals surface area contributed by atoms with E-state index in [1.807, 2.05) is 4.90 Å². The highest BCUT2D eigenvalue weighted by molar-refractivity contribution is 5.97. The van der Waals surface area contributed by atoms with Crippen LogP contribution in [0.4, 0.5) is 0 Å². The monoisotopic (exact) mass is 487 g/mol. The molecule has 0 spiro atoms. The van der Waals surface area contributed by atoms with Gasteiger partial charge in [0.1, 0.15) is 6.04 Å². The average molecular weight is 488 g/mol. The average Bonchev–Trinajstić information content (AvgIpc) is 3.67. The lowest BCUT2D eigenvalue weighted by Crippen LogP contribution is -2.54. The number of hydrogen-bond acceptors (Lipinski definition) is 5. The van der Waals surface area contributed by atoms with E-state index in [-0.39, 0.29) is 11.8 Å². The number of piperazine rings is 1. The van der Waals surface area contributed by atoms with Crippen molar-refractivity contribution in [2.75, 3.05) is 39.8 Å². The lowest BCUT2D eigenvalue weighted by molar-refractivity contribution is -0.135. The second-order valence-electron chi connectivity index (χ2n) is 10.2. The molecule has 4 rings (SSSR count). The van der Waals surface area contributed by atoms with Crippen LogP contribution in [0, 0.1) is 18.3 Å². The van der Waals surface area contributed by atoms with Crippen LogP contribution in [0.2, 0.25) is 0 Å². The number of hydrogen-bond donors (Lipinski definition) is 2. The highest BCUT2D eigenvalue weighted by Gasteiger charge is 2.37. The summed E-state index contributed by atoms with van der Waals surface area (Å²) < 4.78 is 0. The summed E-state index contributed by atoms with van der Waals surface area (Å²) in [5.74, 6) is 0.326. The summed E-state index contributed by atoms with van der Waals surface area (Å²) in [5.41, 5.74) is 3.66. The van der Waals surface area contributed by atoms with Gasteiger partial charge in [-0.05, 0) is 76.0 Å². The number of benzene rings is 2. The van der Waals surface area contributed by atoms with Crippen molar-refractivity contribution in [3.63, 3.8) is 0 Å². The van der Waals surface area contributed by atoms with Gasteiger partial charge in [0.2, 0.25) is 5.91 Å². The Morgan fingerprint density at radius 2 is 1.72 bits per heavy atom. The van der Waals surface area contributed by atoms with Gasteiger partial charge in [0.05, 0.1) is 11.6 Å². The maximum absolute atomic E-state index is 13.3. The number of nitrogens with one attached hydrogen (secondary N) is 2. The molecule has 1 aliphatic heterocycles. The molecule has 2 aliphatic rings. The van der Waals surface area contributed by atoms with E-state index in [1.165, 1.54) is 17.5 Å². The van der Waals surface area contributed by atoms with Gasteiger partial charge in [0.15, 0.2) is 0 Å². The number of likely N-dealkylation sites (N-methyl/N-ethyl adjacent to an activating group) is 1. The van der Waals surface area contributed by atoms with Gasteiger partial charge in [-0.25, -0.2) is 0 Å². The van der Waals surface area contributed by atoms with E-state index in [4.69, 9.17) is 5.26 Å². The summed E-state index contributed by atoms with van der Waals surface area (Å²) in [6.45, 7) is 6.07. The Kier molecular flexibility index (Phi) is 8.74. The zero-order chi connectivity index (χ0) is 25.5. The second-order valence-corrected chi connectivity index (χ2v) is 10.2. The first-order valence-electron chi connectivity index (χ1n) is 13.0. The van der Waals surface area contributed by atoms with Crippen molar-refractivity contribution >= 4 is 11.8 Å². The largest absolute Gasteiger partial charge is 0.340 e. The third-order valence-corrected chi connectivity index (χ3v) is 7.32. The third-order valence-electron chi connectivity index (χ3n) is 7.32. The molecule has 2 fully saturated rings. The van der Waals surface area contributed by atoms with Crippen LogP contribution >= 0.6 is 0 Å². The molecule has 2 aromatic carbocycles. The molecule has 1 aliphatic carbocycles. The SMILES string of the molecule is Cc1ccc([C@@H]2C[C@H]2NCCCC[C@H](NC(=O)c2ccc(C#N)cc2)C(=O)N2CCN(C)CC2)cc1. The molecule has 1 saturated carbocycles. The van der Waals surface area contributed by atoms with Crippen molar-refractivity contribution in [1.29, 1.82) is 5.26 Å². The number of carbonyl (C=O) groups is 2.